The molecular formula is C27H42F2N4O5. The fraction of sp³-hybridized carbons (Fsp3) is 0.556. The minimum Gasteiger partial charge on any atom is -0.497 e. The zero-order valence-electron chi connectivity index (χ0n) is 23.0. The molecule has 0 bridgehead atoms. The lowest BCUT2D eigenvalue weighted by molar-refractivity contribution is -0.131. The van der Waals surface area contributed by atoms with Gasteiger partial charge in [0.05, 0.1) is 19.9 Å². The monoisotopic (exact) mass is 540 g/mol. The Balaban J connectivity index is 0.000000931. The number of aliphatic hydroxyl groups excluding tert-OH is 1. The molecule has 2 aromatic rings. The number of carbonyl (C=O) groups is 2. The highest BCUT2D eigenvalue weighted by Gasteiger charge is 2.45. The number of hydrogen-bond donors (Lipinski definition) is 2. The first-order valence-corrected chi connectivity index (χ1v) is 12.4. The van der Waals surface area contributed by atoms with Gasteiger partial charge in [-0.25, -0.2) is 13.6 Å². The highest BCUT2D eigenvalue weighted by atomic mass is 19.3. The van der Waals surface area contributed by atoms with E-state index in [1.807, 2.05) is 51.1 Å². The smallest absolute Gasteiger partial charge is 0.416 e. The van der Waals surface area contributed by atoms with Gasteiger partial charge in [-0.1, -0.05) is 25.5 Å². The van der Waals surface area contributed by atoms with Crippen LogP contribution in [0.25, 0.3) is 0 Å². The fourth-order valence-corrected chi connectivity index (χ4v) is 3.63. The van der Waals surface area contributed by atoms with Crippen LogP contribution < -0.4 is 15.4 Å². The molecule has 1 aromatic heterocycles. The Morgan fingerprint density at radius 2 is 1.79 bits per heavy atom. The van der Waals surface area contributed by atoms with Gasteiger partial charge in [-0.3, -0.25) is 9.69 Å². The van der Waals surface area contributed by atoms with Crippen molar-refractivity contribution in [2.75, 3.05) is 19.1 Å². The number of ether oxygens (including phenoxy) is 2. The van der Waals surface area contributed by atoms with E-state index >= 15 is 0 Å². The van der Waals surface area contributed by atoms with Gasteiger partial charge in [-0.15, -0.1) is 5.10 Å². The van der Waals surface area contributed by atoms with Crippen molar-refractivity contribution in [3.05, 3.63) is 47.7 Å². The van der Waals surface area contributed by atoms with Crippen molar-refractivity contribution in [2.45, 2.75) is 77.9 Å². The molecule has 1 heterocycles. The van der Waals surface area contributed by atoms with Gasteiger partial charge in [-0.05, 0) is 62.4 Å². The van der Waals surface area contributed by atoms with Crippen LogP contribution >= 0.6 is 0 Å². The number of amides is 2. The van der Waals surface area contributed by atoms with Crippen molar-refractivity contribution in [3.63, 3.8) is 0 Å². The number of hydrogen-bond acceptors (Lipinski definition) is 7. The predicted octanol–water partition coefficient (Wildman–Crippen LogP) is 5.14. The highest BCUT2D eigenvalue weighted by molar-refractivity contribution is 5.86. The Labute approximate surface area is 224 Å². The van der Waals surface area contributed by atoms with Gasteiger partial charge in [0.15, 0.2) is 5.82 Å². The number of nitrogens with two attached hydrogens (primary N) is 1. The average Bonchev–Trinajstić information content (AvgIpc) is 2.82. The van der Waals surface area contributed by atoms with Crippen LogP contribution in [0.4, 0.5) is 19.4 Å². The van der Waals surface area contributed by atoms with Crippen LogP contribution in [-0.4, -0.2) is 53.0 Å². The van der Waals surface area contributed by atoms with E-state index in [1.54, 1.807) is 13.3 Å². The highest BCUT2D eigenvalue weighted by Crippen LogP contribution is 2.43. The number of methoxy groups -OCH3 is 1. The maximum absolute atomic E-state index is 12.8. The van der Waals surface area contributed by atoms with Crippen LogP contribution in [0.5, 0.6) is 5.75 Å². The van der Waals surface area contributed by atoms with Crippen LogP contribution in [-0.2, 0) is 22.5 Å². The molecule has 0 radical (unpaired) electrons. The molecule has 3 rings (SSSR count). The number of halogens is 2. The van der Waals surface area contributed by atoms with Crippen LogP contribution in [0.3, 0.4) is 0 Å². The molecule has 1 aliphatic rings. The zero-order valence-corrected chi connectivity index (χ0v) is 23.0. The molecule has 214 valence electrons. The molecule has 0 aliphatic heterocycles. The molecule has 1 saturated carbocycles. The summed E-state index contributed by atoms with van der Waals surface area (Å²) in [7, 11) is 2.62. The lowest BCUT2D eigenvalue weighted by Crippen LogP contribution is -2.37. The topological polar surface area (TPSA) is 128 Å². The number of rotatable bonds is 8. The second-order valence-electron chi connectivity index (χ2n) is 9.89. The molecule has 0 unspecified atom stereocenters. The molecule has 38 heavy (non-hydrogen) atoms. The molecule has 1 aromatic carbocycles. The van der Waals surface area contributed by atoms with Crippen molar-refractivity contribution >= 4 is 17.8 Å². The van der Waals surface area contributed by atoms with Crippen molar-refractivity contribution < 1.29 is 34.4 Å². The lowest BCUT2D eigenvalue weighted by atomic mass is 9.79. The number of alkyl halides is 2. The van der Waals surface area contributed by atoms with E-state index in [4.69, 9.17) is 20.3 Å². The summed E-state index contributed by atoms with van der Waals surface area (Å²) in [5.74, 6) is -1.93. The minimum absolute atomic E-state index is 0. The number of nitrogens with zero attached hydrogens (tertiary/aromatic N) is 3. The van der Waals surface area contributed by atoms with E-state index < -0.39 is 23.5 Å². The van der Waals surface area contributed by atoms with E-state index in [0.29, 0.717) is 12.4 Å². The quantitative estimate of drug-likeness (QED) is 0.474. The van der Waals surface area contributed by atoms with Crippen LogP contribution in [0.15, 0.2) is 36.5 Å². The molecule has 3 N–H and O–H groups in total. The van der Waals surface area contributed by atoms with Crippen molar-refractivity contribution in [2.24, 2.45) is 11.7 Å². The Hall–Kier alpha value is -3.34. The van der Waals surface area contributed by atoms with Gasteiger partial charge in [0, 0.05) is 27.8 Å². The Kier molecular flexibility index (Phi) is 13.0. The molecule has 2 amide bonds. The average molecular weight is 541 g/mol. The number of anilines is 1. The van der Waals surface area contributed by atoms with E-state index in [1.165, 1.54) is 4.90 Å². The first kappa shape index (κ1) is 32.7. The zero-order chi connectivity index (χ0) is 28.9. The third-order valence-corrected chi connectivity index (χ3v) is 5.29. The van der Waals surface area contributed by atoms with Crippen molar-refractivity contribution in [1.29, 1.82) is 0 Å². The standard InChI is InChI=1S/C20H27N3O3.C6H9F2NO.CH4O.H2/c1-6-7-16-12-18(22-21-13-16)23(19(24)26-20(2,3)4)14-15-8-10-17(25-5)11-9-15;7-6(8)2-4(3-6)1-5(9)10;1-2;/h8-13H,6-7,14H2,1-5H3;4H,1-3H2,(H2,9,10);2H,1H3;1H. The maximum Gasteiger partial charge on any atom is 0.416 e. The summed E-state index contributed by atoms with van der Waals surface area (Å²) in [6.45, 7) is 7.97. The molecule has 0 saturated heterocycles. The summed E-state index contributed by atoms with van der Waals surface area (Å²) in [6, 6.07) is 9.45. The second-order valence-corrected chi connectivity index (χ2v) is 9.89. The molecule has 1 fully saturated rings. The Morgan fingerprint density at radius 3 is 2.26 bits per heavy atom. The van der Waals surface area contributed by atoms with Crippen molar-refractivity contribution in [3.8, 4) is 5.75 Å². The predicted molar refractivity (Wildman–Crippen MR) is 143 cm³/mol. The third kappa shape index (κ3) is 11.8. The normalized spacial score (nSPS) is 14.0. The summed E-state index contributed by atoms with van der Waals surface area (Å²) >= 11 is 0. The van der Waals surface area contributed by atoms with Crippen LogP contribution in [0, 0.1) is 5.92 Å². The minimum atomic E-state index is -2.53. The van der Waals surface area contributed by atoms with Gasteiger partial charge >= 0.3 is 6.09 Å². The maximum atomic E-state index is 12.8. The Bertz CT molecular complexity index is 1010. The Morgan fingerprint density at radius 1 is 1.18 bits per heavy atom. The van der Waals surface area contributed by atoms with Crippen LogP contribution in [0.1, 0.15) is 65.9 Å². The summed E-state index contributed by atoms with van der Waals surface area (Å²) in [4.78, 5) is 24.5. The molecule has 0 atom stereocenters. The van der Waals surface area contributed by atoms with E-state index in [0.717, 1.165) is 36.8 Å². The molecule has 11 heteroatoms. The molecule has 0 spiro atoms. The second kappa shape index (κ2) is 15.2. The van der Waals surface area contributed by atoms with Crippen molar-refractivity contribution in [1.82, 2.24) is 10.2 Å². The van der Waals surface area contributed by atoms with Gasteiger partial charge in [0.1, 0.15) is 11.4 Å². The number of carbonyl (C=O) groups excluding carboxylic acids is 2. The van der Waals surface area contributed by atoms with Gasteiger partial charge in [-0.2, -0.15) is 5.10 Å². The van der Waals surface area contributed by atoms with Gasteiger partial charge in [0.2, 0.25) is 11.8 Å². The number of aromatic nitrogens is 2. The number of benzene rings is 1. The van der Waals surface area contributed by atoms with E-state index in [2.05, 4.69) is 17.1 Å². The summed E-state index contributed by atoms with van der Waals surface area (Å²) in [6.07, 6.45) is 2.93. The number of primary amides is 1. The summed E-state index contributed by atoms with van der Waals surface area (Å²) in [5.41, 5.74) is 6.20. The number of aryl methyl sites for hydroxylation is 1. The summed E-state index contributed by atoms with van der Waals surface area (Å²) in [5, 5.41) is 15.2. The first-order valence-electron chi connectivity index (χ1n) is 12.4. The van der Waals surface area contributed by atoms with E-state index in [9.17, 15) is 18.4 Å². The third-order valence-electron chi connectivity index (χ3n) is 5.29. The molecule has 1 aliphatic carbocycles. The van der Waals surface area contributed by atoms with Gasteiger partial charge < -0.3 is 20.3 Å². The SMILES string of the molecule is CCCc1cnnc(N(Cc2ccc(OC)cc2)C(=O)OC(C)(C)C)c1.CO.NC(=O)CC1CC(F)(F)C1.[HH]. The number of aliphatic hydroxyl groups is 1. The van der Waals surface area contributed by atoms with Gasteiger partial charge in [0.25, 0.3) is 0 Å². The molecule has 9 nitrogen and oxygen atoms in total. The fourth-order valence-electron chi connectivity index (χ4n) is 3.63. The van der Waals surface area contributed by atoms with Crippen LogP contribution in [0.2, 0.25) is 0 Å². The summed E-state index contributed by atoms with van der Waals surface area (Å²) < 4.78 is 34.9. The first-order chi connectivity index (χ1) is 17.8. The largest absolute Gasteiger partial charge is 0.497 e. The van der Waals surface area contributed by atoms with E-state index in [-0.39, 0.29) is 26.6 Å². The lowest BCUT2D eigenvalue weighted by Gasteiger charge is -2.33. The molecular weight excluding hydrogens is 498 g/mol.